The number of aldehydes is 1. The van der Waals surface area contributed by atoms with Crippen LogP contribution in [-0.2, 0) is 4.79 Å². The van der Waals surface area contributed by atoms with Gasteiger partial charge in [-0.15, -0.1) is 0 Å². The number of carbonyl (C=O) groups excluding carboxylic acids is 1. The van der Waals surface area contributed by atoms with Crippen molar-refractivity contribution in [3.63, 3.8) is 0 Å². The highest BCUT2D eigenvalue weighted by atomic mass is 16.3. The smallest absolute Gasteiger partial charge is 0.123 e. The van der Waals surface area contributed by atoms with E-state index in [0.717, 1.165) is 24.9 Å². The third kappa shape index (κ3) is 2.31. The average molecular weight is 206 g/mol. The molecule has 2 rings (SSSR count). The van der Waals surface area contributed by atoms with Crippen LogP contribution < -0.4 is 0 Å². The molecule has 0 amide bonds. The molecule has 1 heterocycles. The number of furan rings is 1. The summed E-state index contributed by atoms with van der Waals surface area (Å²) in [5, 5.41) is 0. The molecule has 1 fully saturated rings. The SMILES string of the molecule is CC(c1ccco1)C1CCCC(C=O)C1. The molecule has 0 N–H and O–H groups in total. The maximum atomic E-state index is 10.8. The molecule has 0 radical (unpaired) electrons. The Morgan fingerprint density at radius 3 is 3.07 bits per heavy atom. The predicted molar refractivity (Wildman–Crippen MR) is 58.6 cm³/mol. The van der Waals surface area contributed by atoms with Crippen LogP contribution in [0.1, 0.15) is 44.3 Å². The molecule has 1 saturated carbocycles. The van der Waals surface area contributed by atoms with Gasteiger partial charge >= 0.3 is 0 Å². The topological polar surface area (TPSA) is 30.2 Å². The molecule has 2 nitrogen and oxygen atoms in total. The zero-order chi connectivity index (χ0) is 10.7. The average Bonchev–Trinajstić information content (AvgIpc) is 2.81. The van der Waals surface area contributed by atoms with Crippen LogP contribution in [0.25, 0.3) is 0 Å². The summed E-state index contributed by atoms with van der Waals surface area (Å²) < 4.78 is 5.43. The molecule has 0 aliphatic heterocycles. The van der Waals surface area contributed by atoms with Gasteiger partial charge in [0.25, 0.3) is 0 Å². The van der Waals surface area contributed by atoms with Crippen LogP contribution in [0, 0.1) is 11.8 Å². The molecule has 0 spiro atoms. The predicted octanol–water partition coefficient (Wildman–Crippen LogP) is 3.39. The summed E-state index contributed by atoms with van der Waals surface area (Å²) in [4.78, 5) is 10.8. The minimum Gasteiger partial charge on any atom is -0.469 e. The first kappa shape index (κ1) is 10.5. The van der Waals surface area contributed by atoms with Crippen molar-refractivity contribution in [1.82, 2.24) is 0 Å². The van der Waals surface area contributed by atoms with E-state index in [1.165, 1.54) is 12.8 Å². The summed E-state index contributed by atoms with van der Waals surface area (Å²) in [6, 6.07) is 3.97. The third-order valence-electron chi connectivity index (χ3n) is 3.65. The highest BCUT2D eigenvalue weighted by Crippen LogP contribution is 2.37. The van der Waals surface area contributed by atoms with E-state index in [-0.39, 0.29) is 5.92 Å². The van der Waals surface area contributed by atoms with Crippen molar-refractivity contribution in [2.45, 2.75) is 38.5 Å². The van der Waals surface area contributed by atoms with Crippen LogP contribution >= 0.6 is 0 Å². The number of carbonyl (C=O) groups is 1. The zero-order valence-electron chi connectivity index (χ0n) is 9.19. The van der Waals surface area contributed by atoms with Crippen LogP contribution in [0.4, 0.5) is 0 Å². The van der Waals surface area contributed by atoms with Crippen LogP contribution in [0.15, 0.2) is 22.8 Å². The van der Waals surface area contributed by atoms with E-state index in [1.54, 1.807) is 6.26 Å². The van der Waals surface area contributed by atoms with Crippen molar-refractivity contribution in [3.8, 4) is 0 Å². The lowest BCUT2D eigenvalue weighted by Gasteiger charge is -2.29. The second-order valence-electron chi connectivity index (χ2n) is 4.63. The van der Waals surface area contributed by atoms with Gasteiger partial charge in [-0.2, -0.15) is 0 Å². The van der Waals surface area contributed by atoms with Gasteiger partial charge in [-0.25, -0.2) is 0 Å². The van der Waals surface area contributed by atoms with E-state index < -0.39 is 0 Å². The molecule has 1 aliphatic carbocycles. The molecule has 15 heavy (non-hydrogen) atoms. The molecule has 82 valence electrons. The van der Waals surface area contributed by atoms with Crippen molar-refractivity contribution in [1.29, 1.82) is 0 Å². The molecule has 1 aliphatic rings. The standard InChI is InChI=1S/C13H18O2/c1-10(13-6-3-7-15-13)12-5-2-4-11(8-12)9-14/h3,6-7,9-12H,2,4-5,8H2,1H3. The Labute approximate surface area is 90.7 Å². The molecule has 1 aromatic rings. The lowest BCUT2D eigenvalue weighted by atomic mass is 9.75. The van der Waals surface area contributed by atoms with Gasteiger partial charge in [-0.1, -0.05) is 13.3 Å². The number of hydrogen-bond acceptors (Lipinski definition) is 2. The van der Waals surface area contributed by atoms with Crippen LogP contribution in [0.2, 0.25) is 0 Å². The number of hydrogen-bond donors (Lipinski definition) is 0. The second kappa shape index (κ2) is 4.65. The van der Waals surface area contributed by atoms with Crippen LogP contribution in [0.5, 0.6) is 0 Å². The van der Waals surface area contributed by atoms with E-state index in [0.29, 0.717) is 11.8 Å². The van der Waals surface area contributed by atoms with E-state index >= 15 is 0 Å². The van der Waals surface area contributed by atoms with Crippen molar-refractivity contribution >= 4 is 6.29 Å². The molecule has 0 saturated heterocycles. The number of rotatable bonds is 3. The summed E-state index contributed by atoms with van der Waals surface area (Å²) in [6.07, 6.45) is 7.37. The summed E-state index contributed by atoms with van der Waals surface area (Å²) in [7, 11) is 0. The maximum absolute atomic E-state index is 10.8. The van der Waals surface area contributed by atoms with Crippen molar-refractivity contribution < 1.29 is 9.21 Å². The highest BCUT2D eigenvalue weighted by Gasteiger charge is 2.27. The Kier molecular flexibility index (Phi) is 3.24. The summed E-state index contributed by atoms with van der Waals surface area (Å²) in [5.41, 5.74) is 0. The first-order valence-electron chi connectivity index (χ1n) is 5.80. The summed E-state index contributed by atoms with van der Waals surface area (Å²) in [6.45, 7) is 2.21. The minimum absolute atomic E-state index is 0.279. The van der Waals surface area contributed by atoms with Gasteiger partial charge in [-0.05, 0) is 37.3 Å². The molecule has 3 atom stereocenters. The zero-order valence-corrected chi connectivity index (χ0v) is 9.19. The monoisotopic (exact) mass is 206 g/mol. The molecule has 0 aromatic carbocycles. The summed E-state index contributed by atoms with van der Waals surface area (Å²) >= 11 is 0. The molecule has 1 aromatic heterocycles. The summed E-state index contributed by atoms with van der Waals surface area (Å²) in [5.74, 6) is 2.40. The maximum Gasteiger partial charge on any atom is 0.123 e. The van der Waals surface area contributed by atoms with Crippen LogP contribution in [-0.4, -0.2) is 6.29 Å². The molecular formula is C13H18O2. The lowest BCUT2D eigenvalue weighted by Crippen LogP contribution is -2.20. The molecule has 0 bridgehead atoms. The third-order valence-corrected chi connectivity index (χ3v) is 3.65. The first-order valence-corrected chi connectivity index (χ1v) is 5.80. The van der Waals surface area contributed by atoms with Gasteiger partial charge in [0.15, 0.2) is 0 Å². The fourth-order valence-corrected chi connectivity index (χ4v) is 2.63. The fourth-order valence-electron chi connectivity index (χ4n) is 2.63. The van der Waals surface area contributed by atoms with Crippen molar-refractivity contribution in [2.24, 2.45) is 11.8 Å². The normalized spacial score (nSPS) is 28.6. The van der Waals surface area contributed by atoms with Crippen molar-refractivity contribution in [3.05, 3.63) is 24.2 Å². The van der Waals surface area contributed by atoms with Gasteiger partial charge in [0.05, 0.1) is 6.26 Å². The Morgan fingerprint density at radius 1 is 1.53 bits per heavy atom. The van der Waals surface area contributed by atoms with Crippen LogP contribution in [0.3, 0.4) is 0 Å². The highest BCUT2D eigenvalue weighted by molar-refractivity contribution is 5.53. The van der Waals surface area contributed by atoms with Crippen molar-refractivity contribution in [2.75, 3.05) is 0 Å². The largest absolute Gasteiger partial charge is 0.469 e. The van der Waals surface area contributed by atoms with E-state index in [4.69, 9.17) is 4.42 Å². The Bertz CT molecular complexity index is 302. The van der Waals surface area contributed by atoms with E-state index in [2.05, 4.69) is 6.92 Å². The Hall–Kier alpha value is -1.05. The van der Waals surface area contributed by atoms with Gasteiger partial charge < -0.3 is 9.21 Å². The Balaban J connectivity index is 2.01. The van der Waals surface area contributed by atoms with Gasteiger partial charge in [-0.3, -0.25) is 0 Å². The van der Waals surface area contributed by atoms with E-state index in [1.807, 2.05) is 12.1 Å². The lowest BCUT2D eigenvalue weighted by molar-refractivity contribution is -0.112. The molecule has 3 unspecified atom stereocenters. The fraction of sp³-hybridized carbons (Fsp3) is 0.615. The van der Waals surface area contributed by atoms with Gasteiger partial charge in [0.1, 0.15) is 12.0 Å². The van der Waals surface area contributed by atoms with E-state index in [9.17, 15) is 4.79 Å². The van der Waals surface area contributed by atoms with Gasteiger partial charge in [0, 0.05) is 11.8 Å². The quantitative estimate of drug-likeness (QED) is 0.709. The second-order valence-corrected chi connectivity index (χ2v) is 4.63. The minimum atomic E-state index is 0.279. The Morgan fingerprint density at radius 2 is 2.40 bits per heavy atom. The van der Waals surface area contributed by atoms with Gasteiger partial charge in [0.2, 0.25) is 0 Å². The first-order chi connectivity index (χ1) is 7.31. The molecular weight excluding hydrogens is 188 g/mol. The molecule has 2 heteroatoms.